The number of halogens is 2. The Morgan fingerprint density at radius 2 is 2.00 bits per heavy atom. The van der Waals surface area contributed by atoms with Crippen molar-refractivity contribution in [2.24, 2.45) is 0 Å². The lowest BCUT2D eigenvalue weighted by Crippen LogP contribution is -2.25. The van der Waals surface area contributed by atoms with Crippen molar-refractivity contribution in [3.63, 3.8) is 0 Å². The van der Waals surface area contributed by atoms with Gasteiger partial charge in [-0.05, 0) is 32.1 Å². The smallest absolute Gasteiger partial charge is 0.143 e. The number of nitrogens with zero attached hydrogens (tertiary/aromatic N) is 1. The van der Waals surface area contributed by atoms with E-state index in [4.69, 9.17) is 17.3 Å². The molecule has 0 saturated carbocycles. The van der Waals surface area contributed by atoms with Crippen LogP contribution in [-0.2, 0) is 0 Å². The molecule has 0 aliphatic carbocycles. The highest BCUT2D eigenvalue weighted by Crippen LogP contribution is 2.26. The molecule has 0 atom stereocenters. The number of nitrogen functional groups attached to an aromatic ring is 1. The van der Waals surface area contributed by atoms with Crippen LogP contribution in [-0.4, -0.2) is 31.1 Å². The molecule has 18 heavy (non-hydrogen) atoms. The van der Waals surface area contributed by atoms with Gasteiger partial charge in [-0.3, -0.25) is 0 Å². The predicted octanol–water partition coefficient (Wildman–Crippen LogP) is 3.21. The molecular weight excluding hydrogens is 253 g/mol. The van der Waals surface area contributed by atoms with Crippen molar-refractivity contribution >= 4 is 23.0 Å². The van der Waals surface area contributed by atoms with Crippen LogP contribution in [0.5, 0.6) is 0 Å². The van der Waals surface area contributed by atoms with E-state index in [-0.39, 0.29) is 5.02 Å². The molecule has 0 radical (unpaired) electrons. The fourth-order valence-electron chi connectivity index (χ4n) is 1.78. The first kappa shape index (κ1) is 15.1. The van der Waals surface area contributed by atoms with Crippen molar-refractivity contribution in [1.82, 2.24) is 4.90 Å². The molecule has 0 unspecified atom stereocenters. The first-order chi connectivity index (χ1) is 8.58. The van der Waals surface area contributed by atoms with Gasteiger partial charge in [0.1, 0.15) is 5.82 Å². The third-order valence-corrected chi connectivity index (χ3v) is 3.24. The molecule has 3 nitrogen and oxygen atoms in total. The quantitative estimate of drug-likeness (QED) is 0.592. The van der Waals surface area contributed by atoms with Gasteiger partial charge in [0.2, 0.25) is 0 Å². The largest absolute Gasteiger partial charge is 0.397 e. The van der Waals surface area contributed by atoms with Crippen molar-refractivity contribution in [2.45, 2.75) is 20.3 Å². The third-order valence-electron chi connectivity index (χ3n) is 2.95. The normalized spacial score (nSPS) is 10.9. The second-order valence-electron chi connectivity index (χ2n) is 4.16. The SMILES string of the molecule is CCN(CC)CCCNc1cc(Cl)c(F)cc1N. The molecule has 1 aromatic rings. The second kappa shape index (κ2) is 7.44. The summed E-state index contributed by atoms with van der Waals surface area (Å²) in [5.74, 6) is -0.483. The molecule has 0 aromatic heterocycles. The van der Waals surface area contributed by atoms with Gasteiger partial charge in [-0.1, -0.05) is 25.4 Å². The van der Waals surface area contributed by atoms with Crippen LogP contribution < -0.4 is 11.1 Å². The lowest BCUT2D eigenvalue weighted by molar-refractivity contribution is 0.303. The molecule has 1 rings (SSSR count). The van der Waals surface area contributed by atoms with Gasteiger partial charge < -0.3 is 16.0 Å². The van der Waals surface area contributed by atoms with E-state index in [0.717, 1.165) is 32.6 Å². The molecule has 5 heteroatoms. The Labute approximate surface area is 113 Å². The molecule has 0 spiro atoms. The third kappa shape index (κ3) is 4.35. The summed E-state index contributed by atoms with van der Waals surface area (Å²) in [4.78, 5) is 2.35. The number of anilines is 2. The van der Waals surface area contributed by atoms with Gasteiger partial charge in [-0.2, -0.15) is 0 Å². The fraction of sp³-hybridized carbons (Fsp3) is 0.538. The summed E-state index contributed by atoms with van der Waals surface area (Å²) in [7, 11) is 0. The van der Waals surface area contributed by atoms with Crippen LogP contribution in [0, 0.1) is 5.82 Å². The zero-order valence-corrected chi connectivity index (χ0v) is 11.7. The van der Waals surface area contributed by atoms with Gasteiger partial charge in [-0.15, -0.1) is 0 Å². The summed E-state index contributed by atoms with van der Waals surface area (Å²) in [6.07, 6.45) is 1.01. The van der Waals surface area contributed by atoms with E-state index in [2.05, 4.69) is 24.1 Å². The van der Waals surface area contributed by atoms with Crippen LogP contribution in [0.1, 0.15) is 20.3 Å². The number of nitrogens with two attached hydrogens (primary N) is 1. The lowest BCUT2D eigenvalue weighted by Gasteiger charge is -2.18. The van der Waals surface area contributed by atoms with Gasteiger partial charge in [0.05, 0.1) is 16.4 Å². The maximum absolute atomic E-state index is 13.1. The summed E-state index contributed by atoms with van der Waals surface area (Å²) >= 11 is 5.72. The Morgan fingerprint density at radius 3 is 2.61 bits per heavy atom. The van der Waals surface area contributed by atoms with E-state index >= 15 is 0 Å². The molecular formula is C13H21ClFN3. The first-order valence-corrected chi connectivity index (χ1v) is 6.67. The van der Waals surface area contributed by atoms with E-state index in [1.807, 2.05) is 0 Å². The summed E-state index contributed by atoms with van der Waals surface area (Å²) in [6, 6.07) is 2.78. The van der Waals surface area contributed by atoms with Crippen LogP contribution in [0.4, 0.5) is 15.8 Å². The van der Waals surface area contributed by atoms with E-state index < -0.39 is 5.82 Å². The highest BCUT2D eigenvalue weighted by Gasteiger charge is 2.06. The highest BCUT2D eigenvalue weighted by atomic mass is 35.5. The van der Waals surface area contributed by atoms with Crippen LogP contribution in [0.15, 0.2) is 12.1 Å². The second-order valence-corrected chi connectivity index (χ2v) is 4.57. The van der Waals surface area contributed by atoms with Gasteiger partial charge in [0.25, 0.3) is 0 Å². The Morgan fingerprint density at radius 1 is 1.33 bits per heavy atom. The van der Waals surface area contributed by atoms with Gasteiger partial charge in [0, 0.05) is 12.6 Å². The molecule has 0 amide bonds. The van der Waals surface area contributed by atoms with Gasteiger partial charge in [-0.25, -0.2) is 4.39 Å². The van der Waals surface area contributed by atoms with Crippen LogP contribution >= 0.6 is 11.6 Å². The summed E-state index contributed by atoms with van der Waals surface area (Å²) in [5.41, 5.74) is 6.80. The molecule has 1 aromatic carbocycles. The van der Waals surface area contributed by atoms with Gasteiger partial charge in [0.15, 0.2) is 0 Å². The highest BCUT2D eigenvalue weighted by molar-refractivity contribution is 6.31. The maximum atomic E-state index is 13.1. The molecule has 0 saturated heterocycles. The van der Waals surface area contributed by atoms with Crippen molar-refractivity contribution < 1.29 is 4.39 Å². The van der Waals surface area contributed by atoms with Crippen molar-refractivity contribution in [3.05, 3.63) is 23.0 Å². The molecule has 0 bridgehead atoms. The van der Waals surface area contributed by atoms with Crippen molar-refractivity contribution in [2.75, 3.05) is 37.2 Å². The minimum Gasteiger partial charge on any atom is -0.397 e. The van der Waals surface area contributed by atoms with E-state index in [1.54, 1.807) is 0 Å². The van der Waals surface area contributed by atoms with E-state index in [0.29, 0.717) is 11.4 Å². The molecule has 3 N–H and O–H groups in total. The number of benzene rings is 1. The molecule has 0 aliphatic heterocycles. The minimum absolute atomic E-state index is 0.0930. The molecule has 0 heterocycles. The van der Waals surface area contributed by atoms with Gasteiger partial charge >= 0.3 is 0 Å². The number of nitrogens with one attached hydrogen (secondary N) is 1. The standard InChI is InChI=1S/C13H21ClFN3/c1-3-18(4-2)7-5-6-17-13-8-10(14)11(15)9-12(13)16/h8-9,17H,3-7,16H2,1-2H3. The van der Waals surface area contributed by atoms with Crippen LogP contribution in [0.3, 0.4) is 0 Å². The van der Waals surface area contributed by atoms with Crippen LogP contribution in [0.2, 0.25) is 5.02 Å². The average Bonchev–Trinajstić information content (AvgIpc) is 2.35. The predicted molar refractivity (Wildman–Crippen MR) is 76.7 cm³/mol. The van der Waals surface area contributed by atoms with E-state index in [9.17, 15) is 4.39 Å². The Balaban J connectivity index is 2.42. The zero-order valence-electron chi connectivity index (χ0n) is 11.0. The summed E-state index contributed by atoms with van der Waals surface area (Å²) in [6.45, 7) is 8.24. The minimum atomic E-state index is -0.483. The number of hydrogen-bond acceptors (Lipinski definition) is 3. The topological polar surface area (TPSA) is 41.3 Å². The average molecular weight is 274 g/mol. The Hall–Kier alpha value is -1.00. The maximum Gasteiger partial charge on any atom is 0.143 e. The summed E-state index contributed by atoms with van der Waals surface area (Å²) < 4.78 is 13.1. The Bertz CT molecular complexity index is 381. The number of hydrogen-bond donors (Lipinski definition) is 2. The van der Waals surface area contributed by atoms with Crippen molar-refractivity contribution in [3.8, 4) is 0 Å². The monoisotopic (exact) mass is 273 g/mol. The number of rotatable bonds is 7. The summed E-state index contributed by atoms with van der Waals surface area (Å²) in [5, 5.41) is 3.27. The lowest BCUT2D eigenvalue weighted by atomic mass is 10.2. The fourth-order valence-corrected chi connectivity index (χ4v) is 1.94. The molecule has 0 aliphatic rings. The van der Waals surface area contributed by atoms with E-state index in [1.165, 1.54) is 12.1 Å². The zero-order chi connectivity index (χ0) is 13.5. The first-order valence-electron chi connectivity index (χ1n) is 6.29. The Kier molecular flexibility index (Phi) is 6.22. The van der Waals surface area contributed by atoms with Crippen molar-refractivity contribution in [1.29, 1.82) is 0 Å². The molecule has 0 fully saturated rings. The van der Waals surface area contributed by atoms with Crippen LogP contribution in [0.25, 0.3) is 0 Å². The molecule has 102 valence electrons.